The average molecular weight is 285 g/mol. The van der Waals surface area contributed by atoms with Gasteiger partial charge in [-0.05, 0) is 42.8 Å². The van der Waals surface area contributed by atoms with Crippen LogP contribution < -0.4 is 10.3 Å². The molecule has 2 N–H and O–H groups in total. The fourth-order valence-electron chi connectivity index (χ4n) is 2.09. The number of aliphatic hydroxyl groups excluding tert-OH is 1. The van der Waals surface area contributed by atoms with Crippen molar-refractivity contribution in [1.82, 2.24) is 4.98 Å². The van der Waals surface area contributed by atoms with Gasteiger partial charge in [0.1, 0.15) is 6.73 Å². The lowest BCUT2D eigenvalue weighted by atomic mass is 10.1. The number of aromatic nitrogens is 1. The first-order chi connectivity index (χ1) is 9.58. The molecule has 3 rings (SSSR count). The van der Waals surface area contributed by atoms with Crippen LogP contribution in [0.4, 0.5) is 5.69 Å². The summed E-state index contributed by atoms with van der Waals surface area (Å²) in [5.74, 6) is 0. The molecule has 0 unspecified atom stereocenters. The number of hydrogen-bond acceptors (Lipinski definition) is 5. The van der Waals surface area contributed by atoms with Gasteiger partial charge >= 0.3 is 0 Å². The number of aryl methyl sites for hydroxylation is 1. The molecule has 0 atom stereocenters. The number of rotatable bonds is 2. The Kier molecular flexibility index (Phi) is 3.16. The van der Waals surface area contributed by atoms with Crippen LogP contribution >= 0.6 is 11.3 Å². The van der Waals surface area contributed by atoms with Crippen molar-refractivity contribution in [3.63, 3.8) is 0 Å². The monoisotopic (exact) mass is 285 g/mol. The molecule has 1 aromatic carbocycles. The lowest BCUT2D eigenvalue weighted by Gasteiger charge is -2.16. The van der Waals surface area contributed by atoms with Crippen LogP contribution in [-0.2, 0) is 0 Å². The Bertz CT molecular complexity index is 812. The highest BCUT2D eigenvalue weighted by molar-refractivity contribution is 7.21. The molecule has 1 aliphatic carbocycles. The SMILES string of the molecule is Cc1cc2nc3ccc(N(C)CO)cc3sc-2cc1=N. The standard InChI is InChI=1S/C15H15N3OS/c1-9-5-13-15(7-11(9)16)20-14-6-10(18(2)8-19)3-4-12(14)17-13/h3-7,16,19H,8H2,1-2H3. The van der Waals surface area contributed by atoms with Crippen LogP contribution in [0, 0.1) is 12.3 Å². The number of anilines is 1. The molecule has 0 saturated heterocycles. The predicted molar refractivity (Wildman–Crippen MR) is 82.3 cm³/mol. The molecular formula is C15H15N3OS. The predicted octanol–water partition coefficient (Wildman–Crippen LogP) is 2.57. The lowest BCUT2D eigenvalue weighted by Crippen LogP contribution is -2.17. The van der Waals surface area contributed by atoms with Gasteiger partial charge in [-0.1, -0.05) is 0 Å². The number of fused-ring (bicyclic) bond motifs is 2. The van der Waals surface area contributed by atoms with Gasteiger partial charge in [-0.15, -0.1) is 11.3 Å². The van der Waals surface area contributed by atoms with Crippen LogP contribution in [-0.4, -0.2) is 23.9 Å². The van der Waals surface area contributed by atoms with Gasteiger partial charge in [0.2, 0.25) is 0 Å². The van der Waals surface area contributed by atoms with E-state index in [1.807, 2.05) is 44.3 Å². The molecule has 0 aromatic heterocycles. The Labute approximate surface area is 120 Å². The second-order valence-corrected chi connectivity index (χ2v) is 5.92. The molecule has 0 fully saturated rings. The van der Waals surface area contributed by atoms with Crippen molar-refractivity contribution in [3.05, 3.63) is 41.3 Å². The topological polar surface area (TPSA) is 60.2 Å². The second kappa shape index (κ2) is 4.85. The number of benzene rings is 2. The van der Waals surface area contributed by atoms with Crippen LogP contribution in [0.3, 0.4) is 0 Å². The lowest BCUT2D eigenvalue weighted by molar-refractivity contribution is 0.298. The van der Waals surface area contributed by atoms with Crippen molar-refractivity contribution in [2.75, 3.05) is 18.7 Å². The maximum atomic E-state index is 9.19. The largest absolute Gasteiger partial charge is 0.376 e. The summed E-state index contributed by atoms with van der Waals surface area (Å²) in [7, 11) is 1.84. The minimum atomic E-state index is -0.0206. The van der Waals surface area contributed by atoms with Crippen molar-refractivity contribution < 1.29 is 5.11 Å². The summed E-state index contributed by atoms with van der Waals surface area (Å²) in [6, 6.07) is 9.77. The summed E-state index contributed by atoms with van der Waals surface area (Å²) in [5.41, 5.74) is 3.76. The molecule has 0 amide bonds. The highest BCUT2D eigenvalue weighted by Crippen LogP contribution is 2.32. The fraction of sp³-hybridized carbons (Fsp3) is 0.200. The summed E-state index contributed by atoms with van der Waals surface area (Å²) in [6.45, 7) is 1.91. The average Bonchev–Trinajstić information content (AvgIpc) is 2.45. The van der Waals surface area contributed by atoms with Crippen molar-refractivity contribution in [2.45, 2.75) is 6.92 Å². The van der Waals surface area contributed by atoms with Crippen molar-refractivity contribution >= 4 is 27.2 Å². The first-order valence-corrected chi connectivity index (χ1v) is 7.12. The van der Waals surface area contributed by atoms with Gasteiger partial charge in [0.25, 0.3) is 0 Å². The van der Waals surface area contributed by atoms with E-state index in [2.05, 4.69) is 4.98 Å². The van der Waals surface area contributed by atoms with Gasteiger partial charge in [0.15, 0.2) is 0 Å². The van der Waals surface area contributed by atoms with Gasteiger partial charge in [0.05, 0.1) is 26.1 Å². The Hall–Kier alpha value is -1.98. The third kappa shape index (κ3) is 2.15. The molecule has 1 heterocycles. The molecule has 20 heavy (non-hydrogen) atoms. The summed E-state index contributed by atoms with van der Waals surface area (Å²) in [4.78, 5) is 7.43. The van der Waals surface area contributed by atoms with Crippen LogP contribution in [0.15, 0.2) is 30.3 Å². The Balaban J connectivity index is 2.26. The number of aliphatic hydroxyl groups is 1. The van der Waals surface area contributed by atoms with Crippen molar-refractivity contribution in [2.24, 2.45) is 0 Å². The van der Waals surface area contributed by atoms with E-state index in [1.54, 1.807) is 16.2 Å². The number of nitrogens with zero attached hydrogens (tertiary/aromatic N) is 2. The number of hydrogen-bond donors (Lipinski definition) is 2. The minimum Gasteiger partial charge on any atom is -0.376 e. The van der Waals surface area contributed by atoms with Crippen LogP contribution in [0.1, 0.15) is 5.56 Å². The summed E-state index contributed by atoms with van der Waals surface area (Å²) < 4.78 is 1.05. The molecule has 4 nitrogen and oxygen atoms in total. The zero-order chi connectivity index (χ0) is 14.3. The Morgan fingerprint density at radius 2 is 2.10 bits per heavy atom. The van der Waals surface area contributed by atoms with E-state index in [9.17, 15) is 5.11 Å². The van der Waals surface area contributed by atoms with E-state index in [4.69, 9.17) is 5.41 Å². The van der Waals surface area contributed by atoms with Crippen LogP contribution in [0.2, 0.25) is 0 Å². The van der Waals surface area contributed by atoms with E-state index < -0.39 is 0 Å². The summed E-state index contributed by atoms with van der Waals surface area (Å²) >= 11 is 1.63. The highest BCUT2D eigenvalue weighted by Gasteiger charge is 2.09. The number of nitrogens with one attached hydrogen (secondary N) is 1. The molecule has 2 aliphatic rings. The second-order valence-electron chi connectivity index (χ2n) is 4.84. The van der Waals surface area contributed by atoms with Crippen molar-refractivity contribution in [1.29, 1.82) is 5.41 Å². The summed E-state index contributed by atoms with van der Waals surface area (Å²) in [5, 5.41) is 17.6. The zero-order valence-electron chi connectivity index (χ0n) is 11.3. The Morgan fingerprint density at radius 1 is 1.30 bits per heavy atom. The molecule has 1 aromatic rings. The maximum absolute atomic E-state index is 9.19. The third-order valence-corrected chi connectivity index (χ3v) is 4.46. The van der Waals surface area contributed by atoms with Gasteiger partial charge < -0.3 is 15.4 Å². The van der Waals surface area contributed by atoms with Gasteiger partial charge in [-0.3, -0.25) is 0 Å². The molecule has 5 heteroatoms. The quantitative estimate of drug-likeness (QED) is 0.562. The highest BCUT2D eigenvalue weighted by atomic mass is 32.1. The third-order valence-electron chi connectivity index (χ3n) is 3.36. The van der Waals surface area contributed by atoms with Gasteiger partial charge in [0, 0.05) is 12.7 Å². The zero-order valence-corrected chi connectivity index (χ0v) is 12.2. The Morgan fingerprint density at radius 3 is 2.85 bits per heavy atom. The van der Waals surface area contributed by atoms with Crippen LogP contribution in [0.25, 0.3) is 20.8 Å². The first-order valence-electron chi connectivity index (χ1n) is 6.30. The van der Waals surface area contributed by atoms with E-state index in [0.29, 0.717) is 5.36 Å². The normalized spacial score (nSPS) is 11.2. The summed E-state index contributed by atoms with van der Waals surface area (Å²) in [6.07, 6.45) is 0. The van der Waals surface area contributed by atoms with Crippen molar-refractivity contribution in [3.8, 4) is 10.6 Å². The molecule has 0 bridgehead atoms. The van der Waals surface area contributed by atoms with Crippen LogP contribution in [0.5, 0.6) is 0 Å². The molecular weight excluding hydrogens is 270 g/mol. The van der Waals surface area contributed by atoms with E-state index in [0.717, 1.165) is 32.0 Å². The first kappa shape index (κ1) is 13.0. The van der Waals surface area contributed by atoms with Gasteiger partial charge in [-0.2, -0.15) is 0 Å². The molecule has 0 radical (unpaired) electrons. The molecule has 0 spiro atoms. The molecule has 1 aliphatic heterocycles. The van der Waals surface area contributed by atoms with E-state index in [-0.39, 0.29) is 6.73 Å². The van der Waals surface area contributed by atoms with E-state index >= 15 is 0 Å². The van der Waals surface area contributed by atoms with E-state index in [1.165, 1.54) is 0 Å². The maximum Gasteiger partial charge on any atom is 0.115 e. The molecule has 0 saturated carbocycles. The molecule has 102 valence electrons. The fourth-order valence-corrected chi connectivity index (χ4v) is 3.11. The minimum absolute atomic E-state index is 0.0206. The smallest absolute Gasteiger partial charge is 0.115 e. The van der Waals surface area contributed by atoms with Gasteiger partial charge in [-0.25, -0.2) is 4.98 Å².